The summed E-state index contributed by atoms with van der Waals surface area (Å²) in [5.41, 5.74) is 0.318. The molecule has 3 rings (SSSR count). The van der Waals surface area contributed by atoms with E-state index in [0.29, 0.717) is 24.9 Å². The summed E-state index contributed by atoms with van der Waals surface area (Å²) in [5.74, 6) is -1.44. The first-order valence-electron chi connectivity index (χ1n) is 8.90. The van der Waals surface area contributed by atoms with Crippen molar-refractivity contribution < 1.29 is 19.5 Å². The van der Waals surface area contributed by atoms with E-state index in [9.17, 15) is 19.5 Å². The van der Waals surface area contributed by atoms with E-state index in [0.717, 1.165) is 25.7 Å². The molecule has 25 heavy (non-hydrogen) atoms. The van der Waals surface area contributed by atoms with E-state index in [1.807, 2.05) is 0 Å². The number of aromatic nitrogens is 2. The van der Waals surface area contributed by atoms with Gasteiger partial charge >= 0.3 is 5.97 Å². The van der Waals surface area contributed by atoms with Gasteiger partial charge in [-0.1, -0.05) is 19.3 Å². The van der Waals surface area contributed by atoms with Gasteiger partial charge in [0.1, 0.15) is 12.6 Å². The predicted octanol–water partition coefficient (Wildman–Crippen LogP) is 1.02. The maximum absolute atomic E-state index is 12.5. The Morgan fingerprint density at radius 3 is 2.64 bits per heavy atom. The van der Waals surface area contributed by atoms with Gasteiger partial charge in [-0.15, -0.1) is 0 Å². The van der Waals surface area contributed by atoms with E-state index in [4.69, 9.17) is 0 Å². The van der Waals surface area contributed by atoms with Crippen LogP contribution in [0.1, 0.15) is 55.3 Å². The molecule has 0 bridgehead atoms. The standard InChI is InChI=1S/C17H24N4O4/c22-15(19-13-5-2-1-3-6-13)11-20-10-12(9-18-20)16(23)21-8-4-7-14(21)17(24)25/h9-10,13-14H,1-8,11H2,(H,19,22)(H,24,25)/t14-/m1/s1. The molecule has 2 amide bonds. The molecule has 0 spiro atoms. The number of nitrogens with one attached hydrogen (secondary N) is 1. The van der Waals surface area contributed by atoms with Crippen LogP contribution in [0.3, 0.4) is 0 Å². The number of rotatable bonds is 5. The Kier molecular flexibility index (Phi) is 5.35. The first-order valence-corrected chi connectivity index (χ1v) is 8.90. The first kappa shape index (κ1) is 17.4. The van der Waals surface area contributed by atoms with Crippen molar-refractivity contribution in [3.05, 3.63) is 18.0 Å². The third kappa shape index (κ3) is 4.18. The predicted molar refractivity (Wildman–Crippen MR) is 88.9 cm³/mol. The molecule has 2 heterocycles. The number of hydrogen-bond donors (Lipinski definition) is 2. The maximum Gasteiger partial charge on any atom is 0.326 e. The Balaban J connectivity index is 1.57. The van der Waals surface area contributed by atoms with Crippen molar-refractivity contribution in [2.24, 2.45) is 0 Å². The van der Waals surface area contributed by atoms with Gasteiger partial charge in [0.25, 0.3) is 5.91 Å². The number of carbonyl (C=O) groups excluding carboxylic acids is 2. The zero-order valence-electron chi connectivity index (χ0n) is 14.2. The molecule has 1 saturated heterocycles. The van der Waals surface area contributed by atoms with Crippen LogP contribution >= 0.6 is 0 Å². The molecule has 136 valence electrons. The van der Waals surface area contributed by atoms with Crippen LogP contribution in [-0.2, 0) is 16.1 Å². The summed E-state index contributed by atoms with van der Waals surface area (Å²) in [7, 11) is 0. The highest BCUT2D eigenvalue weighted by Crippen LogP contribution is 2.20. The van der Waals surface area contributed by atoms with E-state index in [2.05, 4.69) is 10.4 Å². The number of amides is 2. The quantitative estimate of drug-likeness (QED) is 0.827. The van der Waals surface area contributed by atoms with Crippen LogP contribution in [0.5, 0.6) is 0 Å². The average molecular weight is 348 g/mol. The first-order chi connectivity index (χ1) is 12.0. The van der Waals surface area contributed by atoms with Crippen molar-refractivity contribution in [3.63, 3.8) is 0 Å². The van der Waals surface area contributed by atoms with Crippen LogP contribution in [-0.4, -0.2) is 56.2 Å². The lowest BCUT2D eigenvalue weighted by atomic mass is 9.95. The van der Waals surface area contributed by atoms with Gasteiger partial charge < -0.3 is 15.3 Å². The summed E-state index contributed by atoms with van der Waals surface area (Å²) in [5, 5.41) is 16.3. The highest BCUT2D eigenvalue weighted by atomic mass is 16.4. The van der Waals surface area contributed by atoms with Crippen LogP contribution < -0.4 is 5.32 Å². The molecule has 1 aromatic rings. The summed E-state index contributed by atoms with van der Waals surface area (Å²) in [6.45, 7) is 0.495. The van der Waals surface area contributed by atoms with Crippen molar-refractivity contribution in [1.29, 1.82) is 0 Å². The van der Waals surface area contributed by atoms with Crippen LogP contribution in [0.25, 0.3) is 0 Å². The fourth-order valence-corrected chi connectivity index (χ4v) is 3.66. The van der Waals surface area contributed by atoms with Crippen LogP contribution in [0.2, 0.25) is 0 Å². The molecule has 0 radical (unpaired) electrons. The fourth-order valence-electron chi connectivity index (χ4n) is 3.66. The Morgan fingerprint density at radius 1 is 1.16 bits per heavy atom. The molecule has 1 aliphatic heterocycles. The Morgan fingerprint density at radius 2 is 1.92 bits per heavy atom. The molecule has 0 unspecified atom stereocenters. The zero-order chi connectivity index (χ0) is 17.8. The summed E-state index contributed by atoms with van der Waals surface area (Å²) in [4.78, 5) is 37.2. The fraction of sp³-hybridized carbons (Fsp3) is 0.647. The minimum atomic E-state index is -0.981. The molecule has 1 aromatic heterocycles. The van der Waals surface area contributed by atoms with E-state index >= 15 is 0 Å². The summed E-state index contributed by atoms with van der Waals surface area (Å²) in [6, 6.07) is -0.538. The van der Waals surface area contributed by atoms with Gasteiger partial charge in [-0.25, -0.2) is 4.79 Å². The van der Waals surface area contributed by atoms with E-state index in [1.54, 1.807) is 0 Å². The van der Waals surface area contributed by atoms with Gasteiger partial charge in [0.2, 0.25) is 5.91 Å². The SMILES string of the molecule is O=C(Cn1cc(C(=O)N2CCC[C@@H]2C(=O)O)cn1)NC1CCCCC1. The summed E-state index contributed by atoms with van der Waals surface area (Å²) in [6.07, 6.45) is 9.61. The van der Waals surface area contributed by atoms with Crippen molar-refractivity contribution in [2.75, 3.05) is 6.54 Å². The van der Waals surface area contributed by atoms with Gasteiger partial charge in [-0.05, 0) is 25.7 Å². The third-order valence-electron chi connectivity index (χ3n) is 4.95. The van der Waals surface area contributed by atoms with Gasteiger partial charge in [-0.3, -0.25) is 14.3 Å². The van der Waals surface area contributed by atoms with E-state index < -0.39 is 12.0 Å². The second-order valence-corrected chi connectivity index (χ2v) is 6.82. The second-order valence-electron chi connectivity index (χ2n) is 6.82. The second kappa shape index (κ2) is 7.67. The summed E-state index contributed by atoms with van der Waals surface area (Å²) < 4.78 is 1.43. The molecule has 1 saturated carbocycles. The Labute approximate surface area is 146 Å². The number of hydrogen-bond acceptors (Lipinski definition) is 4. The minimum absolute atomic E-state index is 0.0616. The number of carbonyl (C=O) groups is 3. The Bertz CT molecular complexity index is 651. The third-order valence-corrected chi connectivity index (χ3v) is 4.95. The number of carboxylic acid groups (broad SMARTS) is 1. The highest BCUT2D eigenvalue weighted by Gasteiger charge is 2.34. The highest BCUT2D eigenvalue weighted by molar-refractivity contribution is 5.96. The molecule has 1 atom stereocenters. The zero-order valence-corrected chi connectivity index (χ0v) is 14.2. The van der Waals surface area contributed by atoms with Crippen molar-refractivity contribution >= 4 is 17.8 Å². The molecule has 8 nitrogen and oxygen atoms in total. The lowest BCUT2D eigenvalue weighted by Crippen LogP contribution is -2.40. The van der Waals surface area contributed by atoms with Gasteiger partial charge in [0.05, 0.1) is 11.8 Å². The number of aliphatic carboxylic acids is 1. The molecular weight excluding hydrogens is 324 g/mol. The van der Waals surface area contributed by atoms with Crippen molar-refractivity contribution in [2.45, 2.75) is 63.6 Å². The molecular formula is C17H24N4O4. The molecule has 0 aromatic carbocycles. The monoisotopic (exact) mass is 348 g/mol. The normalized spacial score (nSPS) is 21.3. The molecule has 2 N–H and O–H groups in total. The van der Waals surface area contributed by atoms with Crippen molar-refractivity contribution in [3.8, 4) is 0 Å². The maximum atomic E-state index is 12.5. The largest absolute Gasteiger partial charge is 0.480 e. The molecule has 2 aliphatic rings. The Hall–Kier alpha value is -2.38. The number of carboxylic acids is 1. The topological polar surface area (TPSA) is 105 Å². The molecule has 8 heteroatoms. The van der Waals surface area contributed by atoms with Crippen LogP contribution in [0.4, 0.5) is 0 Å². The molecule has 2 fully saturated rings. The number of likely N-dealkylation sites (tertiary alicyclic amines) is 1. The van der Waals surface area contributed by atoms with E-state index in [-0.39, 0.29) is 24.4 Å². The smallest absolute Gasteiger partial charge is 0.326 e. The average Bonchev–Trinajstić information content (AvgIpc) is 3.24. The van der Waals surface area contributed by atoms with Gasteiger partial charge in [0, 0.05) is 18.8 Å². The van der Waals surface area contributed by atoms with Crippen LogP contribution in [0.15, 0.2) is 12.4 Å². The number of nitrogens with zero attached hydrogens (tertiary/aromatic N) is 3. The lowest BCUT2D eigenvalue weighted by Gasteiger charge is -2.22. The van der Waals surface area contributed by atoms with Gasteiger partial charge in [-0.2, -0.15) is 5.10 Å². The van der Waals surface area contributed by atoms with Crippen molar-refractivity contribution in [1.82, 2.24) is 20.0 Å². The van der Waals surface area contributed by atoms with E-state index in [1.165, 1.54) is 28.4 Å². The lowest BCUT2D eigenvalue weighted by molar-refractivity contribution is -0.141. The molecule has 1 aliphatic carbocycles. The summed E-state index contributed by atoms with van der Waals surface area (Å²) >= 11 is 0. The minimum Gasteiger partial charge on any atom is -0.480 e. The van der Waals surface area contributed by atoms with Crippen LogP contribution in [0, 0.1) is 0 Å². The van der Waals surface area contributed by atoms with Gasteiger partial charge in [0.15, 0.2) is 0 Å².